The number of guanidine groups is 1. The van der Waals surface area contributed by atoms with Crippen molar-refractivity contribution in [2.45, 2.75) is 32.1 Å². The first-order valence-corrected chi connectivity index (χ1v) is 9.92. The number of anilines is 1. The number of ether oxygens (including phenoxy) is 1. The number of hydrogen-bond acceptors (Lipinski definition) is 4. The predicted molar refractivity (Wildman–Crippen MR) is 111 cm³/mol. The van der Waals surface area contributed by atoms with Crippen molar-refractivity contribution in [3.63, 3.8) is 0 Å². The molecule has 6 nitrogen and oxygen atoms in total. The molecule has 1 aliphatic heterocycles. The molecular weight excluding hydrogens is 395 g/mol. The maximum atomic E-state index is 12.3. The Morgan fingerprint density at radius 1 is 1.27 bits per heavy atom. The zero-order chi connectivity index (χ0) is 21.4. The molecule has 1 atom stereocenters. The summed E-state index contributed by atoms with van der Waals surface area (Å²) in [6.45, 7) is 3.46. The minimum Gasteiger partial charge on any atom is -0.468 e. The van der Waals surface area contributed by atoms with E-state index in [4.69, 9.17) is 4.74 Å². The van der Waals surface area contributed by atoms with E-state index in [9.17, 15) is 13.2 Å². The molecule has 0 radical (unpaired) electrons. The lowest BCUT2D eigenvalue weighted by atomic mass is 10.2. The molecule has 2 aromatic rings. The van der Waals surface area contributed by atoms with E-state index in [-0.39, 0.29) is 11.9 Å². The molecule has 2 N–H and O–H groups in total. The maximum absolute atomic E-state index is 12.3. The van der Waals surface area contributed by atoms with E-state index < -0.39 is 12.8 Å². The van der Waals surface area contributed by atoms with Crippen LogP contribution in [0.25, 0.3) is 0 Å². The summed E-state index contributed by atoms with van der Waals surface area (Å²) in [4.78, 5) is 10.7. The maximum Gasteiger partial charge on any atom is 0.422 e. The van der Waals surface area contributed by atoms with Crippen LogP contribution in [0.4, 0.5) is 18.9 Å². The third-order valence-corrected chi connectivity index (χ3v) is 4.60. The van der Waals surface area contributed by atoms with Crippen LogP contribution < -0.4 is 20.3 Å². The molecule has 1 fully saturated rings. The Balaban J connectivity index is 1.57. The van der Waals surface area contributed by atoms with E-state index in [1.54, 1.807) is 6.07 Å². The van der Waals surface area contributed by atoms with Crippen LogP contribution in [0.2, 0.25) is 0 Å². The zero-order valence-electron chi connectivity index (χ0n) is 16.8. The summed E-state index contributed by atoms with van der Waals surface area (Å²) in [5.74, 6) is 0.610. The van der Waals surface area contributed by atoms with E-state index in [2.05, 4.69) is 37.6 Å². The summed E-state index contributed by atoms with van der Waals surface area (Å²) in [7, 11) is 0. The van der Waals surface area contributed by atoms with Crippen molar-refractivity contribution in [3.05, 3.63) is 54.2 Å². The first-order chi connectivity index (χ1) is 14.4. The van der Waals surface area contributed by atoms with Crippen molar-refractivity contribution < 1.29 is 17.9 Å². The van der Waals surface area contributed by atoms with Gasteiger partial charge in [-0.15, -0.1) is 0 Å². The van der Waals surface area contributed by atoms with Gasteiger partial charge in [0.1, 0.15) is 0 Å². The summed E-state index contributed by atoms with van der Waals surface area (Å²) in [5.41, 5.74) is 1.92. The molecule has 2 heterocycles. The highest BCUT2D eigenvalue weighted by Gasteiger charge is 2.28. The van der Waals surface area contributed by atoms with Crippen molar-refractivity contribution in [1.82, 2.24) is 15.6 Å². The van der Waals surface area contributed by atoms with Gasteiger partial charge in [-0.3, -0.25) is 0 Å². The van der Waals surface area contributed by atoms with Crippen molar-refractivity contribution in [3.8, 4) is 5.88 Å². The number of nitrogens with one attached hydrogen (secondary N) is 2. The molecule has 162 valence electrons. The molecule has 0 amide bonds. The van der Waals surface area contributed by atoms with Gasteiger partial charge in [0.15, 0.2) is 12.6 Å². The lowest BCUT2D eigenvalue weighted by molar-refractivity contribution is -0.154. The Hall–Kier alpha value is -2.97. The number of aliphatic imine (C=N–C) groups is 1. The molecular formula is C21H26F3N5O. The van der Waals surface area contributed by atoms with Gasteiger partial charge in [-0.1, -0.05) is 18.2 Å². The van der Waals surface area contributed by atoms with Crippen LogP contribution in [0.3, 0.4) is 0 Å². The SMILES string of the molecule is CCNC(=NCc1ccnc(OCC(F)(F)F)c1)NC1CCN(c2ccccc2)C1. The molecule has 30 heavy (non-hydrogen) atoms. The minimum atomic E-state index is -4.40. The summed E-state index contributed by atoms with van der Waals surface area (Å²) < 4.78 is 41.7. The van der Waals surface area contributed by atoms with Gasteiger partial charge in [-0.2, -0.15) is 13.2 Å². The average molecular weight is 421 g/mol. The quantitative estimate of drug-likeness (QED) is 0.530. The Morgan fingerprint density at radius 3 is 2.80 bits per heavy atom. The fourth-order valence-corrected chi connectivity index (χ4v) is 3.22. The highest BCUT2D eigenvalue weighted by atomic mass is 19.4. The monoisotopic (exact) mass is 421 g/mol. The number of pyridine rings is 1. The van der Waals surface area contributed by atoms with Crippen LogP contribution in [0, 0.1) is 0 Å². The van der Waals surface area contributed by atoms with Gasteiger partial charge in [0, 0.05) is 43.6 Å². The second-order valence-corrected chi connectivity index (χ2v) is 7.01. The molecule has 1 saturated heterocycles. The molecule has 1 aliphatic rings. The minimum absolute atomic E-state index is 0.0627. The molecule has 0 bridgehead atoms. The molecule has 0 spiro atoms. The highest BCUT2D eigenvalue weighted by molar-refractivity contribution is 5.80. The van der Waals surface area contributed by atoms with Crippen molar-refractivity contribution in [1.29, 1.82) is 0 Å². The van der Waals surface area contributed by atoms with Crippen LogP contribution in [-0.4, -0.2) is 49.4 Å². The van der Waals surface area contributed by atoms with Crippen LogP contribution in [-0.2, 0) is 6.54 Å². The van der Waals surface area contributed by atoms with Gasteiger partial charge in [0.25, 0.3) is 0 Å². The van der Waals surface area contributed by atoms with E-state index in [1.165, 1.54) is 18.0 Å². The number of hydrogen-bond donors (Lipinski definition) is 2. The molecule has 0 aliphatic carbocycles. The molecule has 0 saturated carbocycles. The summed E-state index contributed by atoms with van der Waals surface area (Å²) in [5, 5.41) is 6.67. The second kappa shape index (κ2) is 10.2. The molecule has 9 heteroatoms. The predicted octanol–water partition coefficient (Wildman–Crippen LogP) is 3.36. The number of halogens is 3. The van der Waals surface area contributed by atoms with Crippen molar-refractivity contribution in [2.75, 3.05) is 31.1 Å². The Labute approximate surface area is 174 Å². The summed E-state index contributed by atoms with van der Waals surface area (Å²) in [6.07, 6.45) is -1.98. The third kappa shape index (κ3) is 6.82. The number of nitrogens with zero attached hydrogens (tertiary/aromatic N) is 3. The van der Waals surface area contributed by atoms with E-state index in [0.717, 1.165) is 25.1 Å². The van der Waals surface area contributed by atoms with Crippen LogP contribution >= 0.6 is 0 Å². The van der Waals surface area contributed by atoms with Gasteiger partial charge in [-0.05, 0) is 37.1 Å². The van der Waals surface area contributed by atoms with E-state index in [1.807, 2.05) is 25.1 Å². The highest BCUT2D eigenvalue weighted by Crippen LogP contribution is 2.20. The van der Waals surface area contributed by atoms with Crippen LogP contribution in [0.5, 0.6) is 5.88 Å². The van der Waals surface area contributed by atoms with Crippen LogP contribution in [0.1, 0.15) is 18.9 Å². The first-order valence-electron chi connectivity index (χ1n) is 9.92. The average Bonchev–Trinajstić information content (AvgIpc) is 3.20. The number of aromatic nitrogens is 1. The number of alkyl halides is 3. The fraction of sp³-hybridized carbons (Fsp3) is 0.429. The zero-order valence-corrected chi connectivity index (χ0v) is 16.8. The summed E-state index contributed by atoms with van der Waals surface area (Å²) in [6, 6.07) is 13.7. The Kier molecular flexibility index (Phi) is 7.37. The second-order valence-electron chi connectivity index (χ2n) is 7.01. The lowest BCUT2D eigenvalue weighted by Crippen LogP contribution is -2.44. The fourth-order valence-electron chi connectivity index (χ4n) is 3.22. The number of para-hydroxylation sites is 1. The normalized spacial score (nSPS) is 17.1. The van der Waals surface area contributed by atoms with Gasteiger partial charge in [0.2, 0.25) is 5.88 Å². The molecule has 1 aromatic heterocycles. The Morgan fingerprint density at radius 2 is 2.07 bits per heavy atom. The van der Waals surface area contributed by atoms with Crippen molar-refractivity contribution in [2.24, 2.45) is 4.99 Å². The molecule has 3 rings (SSSR count). The lowest BCUT2D eigenvalue weighted by Gasteiger charge is -2.20. The van der Waals surface area contributed by atoms with Gasteiger partial charge >= 0.3 is 6.18 Å². The smallest absolute Gasteiger partial charge is 0.422 e. The number of rotatable bonds is 7. The molecule has 1 aromatic carbocycles. The van der Waals surface area contributed by atoms with E-state index in [0.29, 0.717) is 19.0 Å². The largest absolute Gasteiger partial charge is 0.468 e. The van der Waals surface area contributed by atoms with Gasteiger partial charge < -0.3 is 20.3 Å². The van der Waals surface area contributed by atoms with Gasteiger partial charge in [0.05, 0.1) is 6.54 Å². The standard InChI is InChI=1S/C21H26F3N5O/c1-2-25-20(28-17-9-11-29(14-17)18-6-4-3-5-7-18)27-13-16-8-10-26-19(12-16)30-15-21(22,23)24/h3-8,10,12,17H,2,9,11,13-15H2,1H3,(H2,25,27,28). The summed E-state index contributed by atoms with van der Waals surface area (Å²) >= 11 is 0. The third-order valence-electron chi connectivity index (χ3n) is 4.60. The van der Waals surface area contributed by atoms with Gasteiger partial charge in [-0.25, -0.2) is 9.98 Å². The topological polar surface area (TPSA) is 61.8 Å². The van der Waals surface area contributed by atoms with E-state index >= 15 is 0 Å². The molecule has 1 unspecified atom stereocenters. The van der Waals surface area contributed by atoms with Crippen molar-refractivity contribution >= 4 is 11.6 Å². The number of benzene rings is 1. The Bertz CT molecular complexity index is 829. The van der Waals surface area contributed by atoms with Crippen LogP contribution in [0.15, 0.2) is 53.7 Å². The first kappa shape index (κ1) is 21.7.